The molecule has 1 saturated heterocycles. The molecule has 0 unspecified atom stereocenters. The van der Waals surface area contributed by atoms with Crippen LogP contribution in [0.5, 0.6) is 11.5 Å². The summed E-state index contributed by atoms with van der Waals surface area (Å²) in [5.41, 5.74) is 0.709. The molecule has 5 heteroatoms. The second-order valence-electron chi connectivity index (χ2n) is 7.35. The number of benzene rings is 2. The van der Waals surface area contributed by atoms with E-state index in [0.717, 1.165) is 18.6 Å². The lowest BCUT2D eigenvalue weighted by Gasteiger charge is -2.23. The second kappa shape index (κ2) is 5.87. The maximum absolute atomic E-state index is 12.8. The van der Waals surface area contributed by atoms with Gasteiger partial charge < -0.3 is 14.8 Å². The first-order valence-electron chi connectivity index (χ1n) is 9.03. The summed E-state index contributed by atoms with van der Waals surface area (Å²) in [5, 5.41) is 2.96. The predicted molar refractivity (Wildman–Crippen MR) is 94.7 cm³/mol. The fraction of sp³-hybridized carbons (Fsp3) is 0.333. The van der Waals surface area contributed by atoms with E-state index < -0.39 is 0 Å². The molecule has 5 atom stereocenters. The van der Waals surface area contributed by atoms with Crippen LogP contribution in [0.15, 0.2) is 54.6 Å². The number of anilines is 1. The molecule has 1 aliphatic heterocycles. The molecule has 2 aromatic rings. The van der Waals surface area contributed by atoms with E-state index >= 15 is 0 Å². The Morgan fingerprint density at radius 1 is 1.00 bits per heavy atom. The van der Waals surface area contributed by atoms with E-state index in [4.69, 9.17) is 9.47 Å². The third-order valence-corrected chi connectivity index (χ3v) is 5.89. The Hall–Kier alpha value is -2.82. The fourth-order valence-electron chi connectivity index (χ4n) is 4.82. The standard InChI is InChI=1S/C21H19NO4/c23-20(18-12-10-16-17(11-12)26-21(24)19(16)18)22-13-6-8-15(9-7-13)25-14-4-2-1-3-5-14/h1-9,12,16-19H,10-11H2,(H,22,23)/t12-,16+,17+,18-,19-/m1/s1. The number of carbonyl (C=O) groups is 2. The highest BCUT2D eigenvalue weighted by atomic mass is 16.6. The quantitative estimate of drug-likeness (QED) is 0.857. The van der Waals surface area contributed by atoms with Gasteiger partial charge in [0.05, 0.1) is 11.8 Å². The number of carbonyl (C=O) groups excluding carboxylic acids is 2. The first-order valence-corrected chi connectivity index (χ1v) is 9.03. The van der Waals surface area contributed by atoms with E-state index in [1.807, 2.05) is 54.6 Å². The maximum atomic E-state index is 12.8. The minimum atomic E-state index is -0.258. The summed E-state index contributed by atoms with van der Waals surface area (Å²) < 4.78 is 11.2. The van der Waals surface area contributed by atoms with Crippen molar-refractivity contribution in [3.63, 3.8) is 0 Å². The molecule has 1 heterocycles. The number of rotatable bonds is 4. The number of hydrogen-bond acceptors (Lipinski definition) is 4. The van der Waals surface area contributed by atoms with E-state index in [-0.39, 0.29) is 41.7 Å². The third kappa shape index (κ3) is 2.46. The van der Waals surface area contributed by atoms with Crippen LogP contribution in [0.25, 0.3) is 0 Å². The van der Waals surface area contributed by atoms with Gasteiger partial charge in [0.15, 0.2) is 0 Å². The molecule has 0 aromatic heterocycles. The number of amides is 1. The predicted octanol–water partition coefficient (Wildman–Crippen LogP) is 3.62. The Balaban J connectivity index is 1.27. The Morgan fingerprint density at radius 2 is 1.73 bits per heavy atom. The molecule has 2 aromatic carbocycles. The highest BCUT2D eigenvalue weighted by Crippen LogP contribution is 2.57. The van der Waals surface area contributed by atoms with Gasteiger partial charge in [-0.15, -0.1) is 0 Å². The molecule has 2 saturated carbocycles. The Labute approximate surface area is 151 Å². The van der Waals surface area contributed by atoms with Crippen LogP contribution in [0, 0.1) is 23.7 Å². The zero-order valence-corrected chi connectivity index (χ0v) is 14.1. The lowest BCUT2D eigenvalue weighted by Crippen LogP contribution is -2.35. The minimum Gasteiger partial charge on any atom is -0.462 e. The molecule has 5 rings (SSSR count). The van der Waals surface area contributed by atoms with Gasteiger partial charge in [-0.3, -0.25) is 9.59 Å². The number of esters is 1. The van der Waals surface area contributed by atoms with E-state index in [1.54, 1.807) is 0 Å². The Morgan fingerprint density at radius 3 is 2.50 bits per heavy atom. The monoisotopic (exact) mass is 349 g/mol. The Bertz CT molecular complexity index is 846. The highest BCUT2D eigenvalue weighted by Gasteiger charge is 2.63. The number of hydrogen-bond donors (Lipinski definition) is 1. The van der Waals surface area contributed by atoms with Crippen molar-refractivity contribution in [1.82, 2.24) is 0 Å². The summed E-state index contributed by atoms with van der Waals surface area (Å²) in [5.74, 6) is 1.21. The van der Waals surface area contributed by atoms with E-state index in [2.05, 4.69) is 5.32 Å². The van der Waals surface area contributed by atoms with E-state index in [9.17, 15) is 9.59 Å². The summed E-state index contributed by atoms with van der Waals surface area (Å²) in [6.45, 7) is 0. The zero-order chi connectivity index (χ0) is 17.7. The minimum absolute atomic E-state index is 0.0518. The zero-order valence-electron chi connectivity index (χ0n) is 14.1. The molecule has 3 fully saturated rings. The molecule has 26 heavy (non-hydrogen) atoms. The lowest BCUT2D eigenvalue weighted by atomic mass is 9.79. The van der Waals surface area contributed by atoms with Gasteiger partial charge in [0.1, 0.15) is 17.6 Å². The van der Waals surface area contributed by atoms with Crippen molar-refractivity contribution in [3.05, 3.63) is 54.6 Å². The van der Waals surface area contributed by atoms with Crippen LogP contribution < -0.4 is 10.1 Å². The topological polar surface area (TPSA) is 64.6 Å². The van der Waals surface area contributed by atoms with Crippen molar-refractivity contribution in [2.75, 3.05) is 5.32 Å². The van der Waals surface area contributed by atoms with Crippen LogP contribution in [0.3, 0.4) is 0 Å². The van der Waals surface area contributed by atoms with Gasteiger partial charge in [-0.25, -0.2) is 0 Å². The normalized spacial score (nSPS) is 30.9. The third-order valence-electron chi connectivity index (χ3n) is 5.89. The Kier molecular flexibility index (Phi) is 3.48. The van der Waals surface area contributed by atoms with Crippen molar-refractivity contribution in [2.45, 2.75) is 18.9 Å². The van der Waals surface area contributed by atoms with Crippen molar-refractivity contribution in [3.8, 4) is 11.5 Å². The van der Waals surface area contributed by atoms with Crippen LogP contribution >= 0.6 is 0 Å². The largest absolute Gasteiger partial charge is 0.462 e. The van der Waals surface area contributed by atoms with Gasteiger partial charge in [0.2, 0.25) is 5.91 Å². The molecular weight excluding hydrogens is 330 g/mol. The molecule has 5 nitrogen and oxygen atoms in total. The average Bonchev–Trinajstić information content (AvgIpc) is 3.26. The first kappa shape index (κ1) is 15.4. The molecule has 132 valence electrons. The molecule has 2 bridgehead atoms. The van der Waals surface area contributed by atoms with Crippen LogP contribution in [0.2, 0.25) is 0 Å². The molecule has 1 amide bonds. The summed E-state index contributed by atoms with van der Waals surface area (Å²) in [4.78, 5) is 24.8. The smallest absolute Gasteiger partial charge is 0.310 e. The van der Waals surface area contributed by atoms with Gasteiger partial charge in [-0.05, 0) is 55.2 Å². The summed E-state index contributed by atoms with van der Waals surface area (Å²) in [6, 6.07) is 16.8. The van der Waals surface area contributed by atoms with Crippen LogP contribution in [-0.2, 0) is 14.3 Å². The number of nitrogens with one attached hydrogen (secondary N) is 1. The average molecular weight is 349 g/mol. The van der Waals surface area contributed by atoms with Crippen LogP contribution in [0.4, 0.5) is 5.69 Å². The molecule has 0 radical (unpaired) electrons. The van der Waals surface area contributed by atoms with Gasteiger partial charge in [0, 0.05) is 11.6 Å². The second-order valence-corrected chi connectivity index (χ2v) is 7.35. The number of ether oxygens (including phenoxy) is 2. The van der Waals surface area contributed by atoms with Gasteiger partial charge >= 0.3 is 5.97 Å². The molecular formula is C21H19NO4. The van der Waals surface area contributed by atoms with Gasteiger partial charge in [-0.2, -0.15) is 0 Å². The molecule has 0 spiro atoms. The number of para-hydroxylation sites is 1. The number of fused-ring (bicyclic) bond motifs is 1. The van der Waals surface area contributed by atoms with Crippen LogP contribution in [0.1, 0.15) is 12.8 Å². The summed E-state index contributed by atoms with van der Waals surface area (Å²) in [7, 11) is 0. The van der Waals surface area contributed by atoms with E-state index in [1.165, 1.54) is 0 Å². The first-order chi connectivity index (χ1) is 12.7. The molecule has 2 aliphatic carbocycles. The van der Waals surface area contributed by atoms with Crippen molar-refractivity contribution in [1.29, 1.82) is 0 Å². The highest BCUT2D eigenvalue weighted by molar-refractivity contribution is 5.97. The fourth-order valence-corrected chi connectivity index (χ4v) is 4.82. The van der Waals surface area contributed by atoms with E-state index in [0.29, 0.717) is 11.4 Å². The van der Waals surface area contributed by atoms with Crippen molar-refractivity contribution < 1.29 is 19.1 Å². The van der Waals surface area contributed by atoms with Crippen LogP contribution in [-0.4, -0.2) is 18.0 Å². The van der Waals surface area contributed by atoms with Crippen molar-refractivity contribution >= 4 is 17.6 Å². The SMILES string of the molecule is O=C(Nc1ccc(Oc2ccccc2)cc1)[C@@H]1[C@@H]2C[C@@H]3[C@H]1C(=O)O[C@H]3C2. The van der Waals surface area contributed by atoms with Crippen molar-refractivity contribution in [2.24, 2.45) is 23.7 Å². The molecule has 3 aliphatic rings. The van der Waals surface area contributed by atoms with Gasteiger partial charge in [0.25, 0.3) is 0 Å². The molecule has 1 N–H and O–H groups in total. The maximum Gasteiger partial charge on any atom is 0.310 e. The van der Waals surface area contributed by atoms with Gasteiger partial charge in [-0.1, -0.05) is 18.2 Å². The summed E-state index contributed by atoms with van der Waals surface area (Å²) in [6.07, 6.45) is 1.81. The summed E-state index contributed by atoms with van der Waals surface area (Å²) >= 11 is 0. The lowest BCUT2D eigenvalue weighted by molar-refractivity contribution is -0.145.